The van der Waals surface area contributed by atoms with E-state index in [-0.39, 0.29) is 35.1 Å². The van der Waals surface area contributed by atoms with E-state index >= 15 is 0 Å². The minimum Gasteiger partial charge on any atom is -0.0622 e. The number of fused-ring (bicyclic) bond motifs is 2. The summed E-state index contributed by atoms with van der Waals surface area (Å²) in [6.45, 7) is 4.59. The summed E-state index contributed by atoms with van der Waals surface area (Å²) in [6, 6.07) is 43.8. The van der Waals surface area contributed by atoms with E-state index in [1.54, 1.807) is 0 Å². The zero-order valence-electron chi connectivity index (χ0n) is 31.1. The zero-order chi connectivity index (χ0) is 35.6. The molecule has 0 N–H and O–H groups in total. The Labute approximate surface area is 281 Å². The highest BCUT2D eigenvalue weighted by atomic mass is 14.4. The van der Waals surface area contributed by atoms with Crippen LogP contribution in [0.1, 0.15) is 31.8 Å². The molecular weight excluding hydrogens is 565 g/mol. The minimum absolute atomic E-state index is 0.200. The van der Waals surface area contributed by atoms with Gasteiger partial charge in [0.1, 0.15) is 0 Å². The van der Waals surface area contributed by atoms with Gasteiger partial charge in [0.05, 0.1) is 6.85 Å². The van der Waals surface area contributed by atoms with Crippen LogP contribution in [-0.2, 0) is 5.41 Å². The van der Waals surface area contributed by atoms with Gasteiger partial charge in [-0.25, -0.2) is 0 Å². The summed E-state index contributed by atoms with van der Waals surface area (Å²) >= 11 is 0. The second-order valence-electron chi connectivity index (χ2n) is 13.3. The average Bonchev–Trinajstić information content (AvgIpc) is 3.17. The van der Waals surface area contributed by atoms with Crippen LogP contribution in [0.15, 0.2) is 158 Å². The van der Waals surface area contributed by atoms with Crippen molar-refractivity contribution in [1.82, 2.24) is 0 Å². The van der Waals surface area contributed by atoms with Gasteiger partial charge in [-0.1, -0.05) is 153 Å². The normalized spacial score (nSPS) is 15.0. The molecule has 9 aromatic rings. The Morgan fingerprint density at radius 3 is 1.77 bits per heavy atom. The second kappa shape index (κ2) is 9.64. The van der Waals surface area contributed by atoms with E-state index in [4.69, 9.17) is 6.85 Å². The fraction of sp³-hybridized carbons (Fsp3) is 0.0638. The van der Waals surface area contributed by atoms with Crippen molar-refractivity contribution in [2.45, 2.75) is 19.3 Å². The van der Waals surface area contributed by atoms with E-state index in [1.807, 2.05) is 12.1 Å². The molecule has 0 bridgehead atoms. The zero-order valence-corrected chi connectivity index (χ0v) is 26.1. The lowest BCUT2D eigenvalue weighted by Crippen LogP contribution is -2.24. The first-order valence-corrected chi connectivity index (χ1v) is 16.2. The highest BCUT2D eigenvalue weighted by molar-refractivity contribution is 6.25. The molecule has 0 saturated heterocycles. The van der Waals surface area contributed by atoms with Gasteiger partial charge in [-0.2, -0.15) is 0 Å². The molecule has 0 nitrogen and oxygen atoms in total. The molecule has 0 unspecified atom stereocenters. The summed E-state index contributed by atoms with van der Waals surface area (Å²) in [4.78, 5) is 0. The molecule has 0 fully saturated rings. The van der Waals surface area contributed by atoms with Crippen molar-refractivity contribution in [3.63, 3.8) is 0 Å². The van der Waals surface area contributed by atoms with Crippen LogP contribution in [0.5, 0.6) is 0 Å². The molecule has 0 spiro atoms. The van der Waals surface area contributed by atoms with Gasteiger partial charge in [0, 0.05) is 5.41 Å². The van der Waals surface area contributed by atoms with Gasteiger partial charge in [0.15, 0.2) is 0 Å². The third-order valence-corrected chi connectivity index (χ3v) is 10.4. The Morgan fingerprint density at radius 2 is 0.979 bits per heavy atom. The molecule has 220 valence electrons. The second-order valence-corrected chi connectivity index (χ2v) is 13.3. The van der Waals surface area contributed by atoms with E-state index in [1.165, 1.54) is 54.6 Å². The summed E-state index contributed by atoms with van der Waals surface area (Å²) in [7, 11) is 0. The lowest BCUT2D eigenvalue weighted by Gasteiger charge is -2.37. The standard InChI is InChI=1S/C47H32/c1-47(2)42-19-8-15-30-14-7-17-39(44(30)42)41-18-9-16-38(46(41)47)36-27-34(29-10-4-3-5-11-29)26-35(28-36)37-24-22-33-21-20-31-12-6-13-32-23-25-40(37)45(33)43(31)32/h3-28H,1-2H3/i3D,4D,5D,10D,11D. The molecule has 0 aliphatic heterocycles. The molecule has 1 aliphatic carbocycles. The first-order chi connectivity index (χ1) is 25.1. The van der Waals surface area contributed by atoms with Gasteiger partial charge in [-0.3, -0.25) is 0 Å². The summed E-state index contributed by atoms with van der Waals surface area (Å²) in [5.74, 6) is 0. The largest absolute Gasteiger partial charge is 0.0629 e. The summed E-state index contributed by atoms with van der Waals surface area (Å²) < 4.78 is 43.4. The van der Waals surface area contributed by atoms with E-state index in [0.29, 0.717) is 5.56 Å². The third-order valence-electron chi connectivity index (χ3n) is 10.4. The molecule has 0 saturated carbocycles. The number of benzene rings is 9. The quantitative estimate of drug-likeness (QED) is 0.177. The molecule has 1 aliphatic rings. The van der Waals surface area contributed by atoms with Crippen LogP contribution in [0.3, 0.4) is 0 Å². The Kier molecular flexibility index (Phi) is 4.50. The first-order valence-electron chi connectivity index (χ1n) is 18.7. The Bertz CT molecular complexity index is 2940. The van der Waals surface area contributed by atoms with Gasteiger partial charge < -0.3 is 0 Å². The maximum absolute atomic E-state index is 8.98. The maximum atomic E-state index is 8.98. The highest BCUT2D eigenvalue weighted by Crippen LogP contribution is 2.52. The Morgan fingerprint density at radius 1 is 0.426 bits per heavy atom. The highest BCUT2D eigenvalue weighted by Gasteiger charge is 2.35. The molecule has 0 radical (unpaired) electrons. The van der Waals surface area contributed by atoms with Gasteiger partial charge >= 0.3 is 0 Å². The van der Waals surface area contributed by atoms with Crippen LogP contribution >= 0.6 is 0 Å². The first kappa shape index (κ1) is 21.9. The molecule has 0 heteroatoms. The molecule has 10 rings (SSSR count). The van der Waals surface area contributed by atoms with Crippen LogP contribution in [0, 0.1) is 0 Å². The molecule has 47 heavy (non-hydrogen) atoms. The molecule has 0 aromatic heterocycles. The Hall–Kier alpha value is -5.72. The van der Waals surface area contributed by atoms with Crippen molar-refractivity contribution in [1.29, 1.82) is 0 Å². The van der Waals surface area contributed by atoms with Crippen LogP contribution in [0.25, 0.3) is 87.6 Å². The lowest BCUT2D eigenvalue weighted by molar-refractivity contribution is 0.647. The van der Waals surface area contributed by atoms with Crippen LogP contribution in [0.2, 0.25) is 0 Å². The van der Waals surface area contributed by atoms with E-state index in [0.717, 1.165) is 33.0 Å². The van der Waals surface area contributed by atoms with E-state index in [9.17, 15) is 0 Å². The van der Waals surface area contributed by atoms with E-state index in [2.05, 4.69) is 129 Å². The summed E-state index contributed by atoms with van der Waals surface area (Å²) in [5.41, 5.74) is 9.25. The topological polar surface area (TPSA) is 0 Å². The summed E-state index contributed by atoms with van der Waals surface area (Å²) in [5, 5.41) is 9.59. The molecule has 9 aromatic carbocycles. The van der Waals surface area contributed by atoms with Crippen molar-refractivity contribution in [2.24, 2.45) is 0 Å². The summed E-state index contributed by atoms with van der Waals surface area (Å²) in [6.07, 6.45) is 0. The number of hydrogen-bond acceptors (Lipinski definition) is 0. The fourth-order valence-electron chi connectivity index (χ4n) is 8.38. The lowest BCUT2D eigenvalue weighted by atomic mass is 9.66. The number of rotatable bonds is 3. The SMILES string of the molecule is [2H]c1c([2H])c([2H])c(-c2cc(-c3cccc4c3C(C)(C)c3cccc5cccc-4c35)cc(-c3ccc4ccc5cccc6ccc3c4c56)c2)c([2H])c1[2H]. The minimum atomic E-state index is -0.395. The molecular formula is C47H32. The van der Waals surface area contributed by atoms with Crippen molar-refractivity contribution in [3.05, 3.63) is 169 Å². The van der Waals surface area contributed by atoms with Crippen molar-refractivity contribution in [2.75, 3.05) is 0 Å². The monoisotopic (exact) mass is 601 g/mol. The Balaban J connectivity index is 1.31. The van der Waals surface area contributed by atoms with Crippen LogP contribution < -0.4 is 0 Å². The van der Waals surface area contributed by atoms with Gasteiger partial charge in [0.25, 0.3) is 0 Å². The van der Waals surface area contributed by atoms with Crippen molar-refractivity contribution < 1.29 is 6.85 Å². The molecule has 0 amide bonds. The fourth-order valence-corrected chi connectivity index (χ4v) is 8.38. The van der Waals surface area contributed by atoms with Crippen LogP contribution in [-0.4, -0.2) is 0 Å². The van der Waals surface area contributed by atoms with Crippen molar-refractivity contribution >= 4 is 43.1 Å². The molecule has 0 heterocycles. The third kappa shape index (κ3) is 3.76. The van der Waals surface area contributed by atoms with Gasteiger partial charge in [-0.05, 0) is 117 Å². The average molecular weight is 602 g/mol. The predicted molar refractivity (Wildman–Crippen MR) is 202 cm³/mol. The van der Waals surface area contributed by atoms with Gasteiger partial charge in [-0.15, -0.1) is 0 Å². The van der Waals surface area contributed by atoms with Crippen LogP contribution in [0.4, 0.5) is 0 Å². The molecule has 0 atom stereocenters. The predicted octanol–water partition coefficient (Wildman–Crippen LogP) is 13.0. The smallest absolute Gasteiger partial charge is 0.0622 e. The van der Waals surface area contributed by atoms with Gasteiger partial charge in [0.2, 0.25) is 0 Å². The number of hydrogen-bond donors (Lipinski definition) is 0. The van der Waals surface area contributed by atoms with Crippen molar-refractivity contribution in [3.8, 4) is 44.5 Å². The maximum Gasteiger partial charge on any atom is 0.0629 e. The van der Waals surface area contributed by atoms with E-state index < -0.39 is 6.04 Å².